The van der Waals surface area contributed by atoms with Gasteiger partial charge in [-0.25, -0.2) is 4.98 Å². The standard InChI is InChI=1S/C18H25N5.HI/c1-2-15-8-10-16(11-9-15)23-18(19)22-14-6-5-13-21-17-7-3-4-12-20-17;/h3-4,7-12H,2,5-6,13-14H2,1H3,(H,20,21)(H3,19,22,23);1H. The van der Waals surface area contributed by atoms with Gasteiger partial charge in [-0.05, 0) is 49.1 Å². The minimum absolute atomic E-state index is 0. The van der Waals surface area contributed by atoms with Crippen molar-refractivity contribution in [3.8, 4) is 0 Å². The highest BCUT2D eigenvalue weighted by molar-refractivity contribution is 14.0. The molecule has 0 saturated heterocycles. The van der Waals surface area contributed by atoms with E-state index in [9.17, 15) is 0 Å². The first-order valence-electron chi connectivity index (χ1n) is 8.08. The summed E-state index contributed by atoms with van der Waals surface area (Å²) in [5.74, 6) is 1.37. The van der Waals surface area contributed by atoms with Crippen molar-refractivity contribution >= 4 is 41.4 Å². The van der Waals surface area contributed by atoms with E-state index in [1.165, 1.54) is 5.56 Å². The summed E-state index contributed by atoms with van der Waals surface area (Å²) in [6.07, 6.45) is 4.83. The lowest BCUT2D eigenvalue weighted by Crippen LogP contribution is -2.22. The highest BCUT2D eigenvalue weighted by Gasteiger charge is 1.96. The molecule has 1 heterocycles. The number of pyridine rings is 1. The molecule has 6 heteroatoms. The van der Waals surface area contributed by atoms with E-state index in [1.807, 2.05) is 30.3 Å². The molecule has 1 aromatic carbocycles. The number of rotatable bonds is 8. The first-order valence-corrected chi connectivity index (χ1v) is 8.08. The van der Waals surface area contributed by atoms with E-state index in [0.717, 1.165) is 43.9 Å². The Hall–Kier alpha value is -1.83. The highest BCUT2D eigenvalue weighted by Crippen LogP contribution is 2.09. The van der Waals surface area contributed by atoms with E-state index in [4.69, 9.17) is 5.73 Å². The van der Waals surface area contributed by atoms with Crippen molar-refractivity contribution in [1.82, 2.24) is 4.98 Å². The molecule has 0 saturated carbocycles. The fourth-order valence-corrected chi connectivity index (χ4v) is 2.13. The summed E-state index contributed by atoms with van der Waals surface area (Å²) >= 11 is 0. The predicted octanol–water partition coefficient (Wildman–Crippen LogP) is 3.88. The minimum Gasteiger partial charge on any atom is -0.370 e. The van der Waals surface area contributed by atoms with E-state index in [0.29, 0.717) is 5.96 Å². The van der Waals surface area contributed by atoms with Crippen LogP contribution in [0.1, 0.15) is 25.3 Å². The number of aliphatic imine (C=N–C) groups is 1. The lowest BCUT2D eigenvalue weighted by atomic mass is 10.1. The van der Waals surface area contributed by atoms with Crippen LogP contribution in [0.15, 0.2) is 53.7 Å². The van der Waals surface area contributed by atoms with E-state index < -0.39 is 0 Å². The van der Waals surface area contributed by atoms with Gasteiger partial charge in [-0.15, -0.1) is 24.0 Å². The molecule has 0 aliphatic heterocycles. The number of hydrogen-bond acceptors (Lipinski definition) is 3. The normalized spacial score (nSPS) is 10.8. The number of unbranched alkanes of at least 4 members (excludes halogenated alkanes) is 1. The molecule has 0 atom stereocenters. The van der Waals surface area contributed by atoms with Gasteiger partial charge in [0.25, 0.3) is 0 Å². The van der Waals surface area contributed by atoms with Crippen LogP contribution in [0.3, 0.4) is 0 Å². The molecule has 2 rings (SSSR count). The number of aromatic nitrogens is 1. The Morgan fingerprint density at radius 3 is 2.58 bits per heavy atom. The minimum atomic E-state index is 0. The average molecular weight is 439 g/mol. The summed E-state index contributed by atoms with van der Waals surface area (Å²) in [6, 6.07) is 14.1. The largest absolute Gasteiger partial charge is 0.370 e. The first kappa shape index (κ1) is 20.2. The van der Waals surface area contributed by atoms with Gasteiger partial charge in [0.2, 0.25) is 0 Å². The molecule has 1 aromatic heterocycles. The van der Waals surface area contributed by atoms with Crippen molar-refractivity contribution < 1.29 is 0 Å². The number of guanidine groups is 1. The summed E-state index contributed by atoms with van der Waals surface area (Å²) in [5, 5.41) is 6.39. The van der Waals surface area contributed by atoms with Gasteiger partial charge in [-0.1, -0.05) is 25.1 Å². The predicted molar refractivity (Wildman–Crippen MR) is 113 cm³/mol. The van der Waals surface area contributed by atoms with E-state index in [-0.39, 0.29) is 24.0 Å². The number of hydrogen-bond donors (Lipinski definition) is 3. The quantitative estimate of drug-likeness (QED) is 0.253. The number of nitrogens with one attached hydrogen (secondary N) is 2. The van der Waals surface area contributed by atoms with E-state index >= 15 is 0 Å². The second kappa shape index (κ2) is 11.7. The third-order valence-corrected chi connectivity index (χ3v) is 3.47. The zero-order valence-corrected chi connectivity index (χ0v) is 16.4. The Morgan fingerprint density at radius 2 is 1.92 bits per heavy atom. The molecular formula is C18H26IN5. The van der Waals surface area contributed by atoms with Gasteiger partial charge in [0.05, 0.1) is 0 Å². The zero-order chi connectivity index (χ0) is 16.3. The monoisotopic (exact) mass is 439 g/mol. The maximum atomic E-state index is 5.90. The van der Waals surface area contributed by atoms with Crippen molar-refractivity contribution in [3.05, 3.63) is 54.2 Å². The maximum absolute atomic E-state index is 5.90. The molecule has 0 radical (unpaired) electrons. The van der Waals surface area contributed by atoms with Crippen LogP contribution in [0.25, 0.3) is 0 Å². The molecular weight excluding hydrogens is 413 g/mol. The molecule has 0 bridgehead atoms. The van der Waals surface area contributed by atoms with Gasteiger partial charge >= 0.3 is 0 Å². The Bertz CT molecular complexity index is 599. The molecule has 0 amide bonds. The molecule has 0 aliphatic carbocycles. The Kier molecular flexibility index (Phi) is 9.83. The molecule has 130 valence electrons. The zero-order valence-electron chi connectivity index (χ0n) is 14.0. The van der Waals surface area contributed by atoms with Crippen LogP contribution in [0.4, 0.5) is 11.5 Å². The number of benzene rings is 1. The third kappa shape index (κ3) is 7.63. The Morgan fingerprint density at radius 1 is 1.12 bits per heavy atom. The van der Waals surface area contributed by atoms with Gasteiger partial charge in [0.15, 0.2) is 5.96 Å². The number of anilines is 2. The van der Waals surface area contributed by atoms with Crippen LogP contribution in [0.5, 0.6) is 0 Å². The Balaban J connectivity index is 0.00000288. The van der Waals surface area contributed by atoms with Gasteiger partial charge in [0.1, 0.15) is 5.82 Å². The number of aryl methyl sites for hydroxylation is 1. The second-order valence-corrected chi connectivity index (χ2v) is 5.29. The van der Waals surface area contributed by atoms with Crippen molar-refractivity contribution in [1.29, 1.82) is 0 Å². The molecule has 24 heavy (non-hydrogen) atoms. The van der Waals surface area contributed by atoms with Gasteiger partial charge < -0.3 is 16.4 Å². The van der Waals surface area contributed by atoms with Crippen molar-refractivity contribution in [2.75, 3.05) is 23.7 Å². The number of nitrogens with two attached hydrogens (primary N) is 1. The molecule has 5 nitrogen and oxygen atoms in total. The number of halogens is 1. The molecule has 0 fully saturated rings. The topological polar surface area (TPSA) is 75.3 Å². The summed E-state index contributed by atoms with van der Waals surface area (Å²) in [4.78, 5) is 8.56. The van der Waals surface area contributed by atoms with Crippen LogP contribution in [0, 0.1) is 0 Å². The fraction of sp³-hybridized carbons (Fsp3) is 0.333. The Labute approximate surface area is 161 Å². The highest BCUT2D eigenvalue weighted by atomic mass is 127. The second-order valence-electron chi connectivity index (χ2n) is 5.29. The molecule has 0 spiro atoms. The van der Waals surface area contributed by atoms with E-state index in [2.05, 4.69) is 39.7 Å². The maximum Gasteiger partial charge on any atom is 0.193 e. The first-order chi connectivity index (χ1) is 11.3. The molecule has 2 aromatic rings. The third-order valence-electron chi connectivity index (χ3n) is 3.47. The lowest BCUT2D eigenvalue weighted by molar-refractivity contribution is 0.772. The van der Waals surface area contributed by atoms with E-state index in [1.54, 1.807) is 6.20 Å². The average Bonchev–Trinajstić information content (AvgIpc) is 2.59. The van der Waals surface area contributed by atoms with Gasteiger partial charge in [0, 0.05) is 25.0 Å². The number of nitrogens with zero attached hydrogens (tertiary/aromatic N) is 2. The lowest BCUT2D eigenvalue weighted by Gasteiger charge is -2.07. The van der Waals surface area contributed by atoms with Crippen molar-refractivity contribution in [3.63, 3.8) is 0 Å². The summed E-state index contributed by atoms with van der Waals surface area (Å²) in [6.45, 7) is 3.75. The van der Waals surface area contributed by atoms with Crippen LogP contribution >= 0.6 is 24.0 Å². The van der Waals surface area contributed by atoms with Crippen molar-refractivity contribution in [2.45, 2.75) is 26.2 Å². The van der Waals surface area contributed by atoms with Crippen LogP contribution in [0.2, 0.25) is 0 Å². The summed E-state index contributed by atoms with van der Waals surface area (Å²) in [7, 11) is 0. The summed E-state index contributed by atoms with van der Waals surface area (Å²) in [5.41, 5.74) is 8.18. The van der Waals surface area contributed by atoms with Gasteiger partial charge in [-0.2, -0.15) is 0 Å². The molecule has 0 aliphatic rings. The summed E-state index contributed by atoms with van der Waals surface area (Å²) < 4.78 is 0. The molecule has 0 unspecified atom stereocenters. The van der Waals surface area contributed by atoms with Crippen LogP contribution in [-0.4, -0.2) is 24.0 Å². The fourth-order valence-electron chi connectivity index (χ4n) is 2.13. The van der Waals surface area contributed by atoms with Crippen molar-refractivity contribution in [2.24, 2.45) is 10.7 Å². The smallest absolute Gasteiger partial charge is 0.193 e. The molecule has 4 N–H and O–H groups in total. The van der Waals surface area contributed by atoms with Crippen LogP contribution in [-0.2, 0) is 6.42 Å². The van der Waals surface area contributed by atoms with Crippen LogP contribution < -0.4 is 16.4 Å². The SMILES string of the molecule is CCc1ccc(NC(N)=NCCCCNc2ccccn2)cc1.I. The van der Waals surface area contributed by atoms with Gasteiger partial charge in [-0.3, -0.25) is 4.99 Å².